The van der Waals surface area contributed by atoms with E-state index in [9.17, 15) is 18.0 Å². The van der Waals surface area contributed by atoms with E-state index in [1.807, 2.05) is 0 Å². The Bertz CT molecular complexity index is 1200. The Hall–Kier alpha value is -3.36. The van der Waals surface area contributed by atoms with Gasteiger partial charge in [0.2, 0.25) is 0 Å². The molecule has 0 aromatic heterocycles. The summed E-state index contributed by atoms with van der Waals surface area (Å²) < 4.78 is 32.4. The van der Waals surface area contributed by atoms with E-state index in [2.05, 4.69) is 10.0 Å². The maximum atomic E-state index is 12.6. The van der Waals surface area contributed by atoms with Crippen molar-refractivity contribution < 1.29 is 22.7 Å². The molecule has 0 aliphatic rings. The molecule has 0 spiro atoms. The number of hydrogen-bond acceptors (Lipinski definition) is 5. The monoisotopic (exact) mass is 458 g/mol. The molecule has 0 heterocycles. The summed E-state index contributed by atoms with van der Waals surface area (Å²) in [5, 5.41) is 2.83. The van der Waals surface area contributed by atoms with E-state index in [1.165, 1.54) is 42.5 Å². The zero-order valence-electron chi connectivity index (χ0n) is 16.5. The van der Waals surface area contributed by atoms with E-state index in [1.54, 1.807) is 37.3 Å². The van der Waals surface area contributed by atoms with Crippen molar-refractivity contribution in [1.29, 1.82) is 0 Å². The summed E-state index contributed by atoms with van der Waals surface area (Å²) in [6.07, 6.45) is 0. The molecule has 9 heteroatoms. The van der Waals surface area contributed by atoms with Crippen molar-refractivity contribution in [3.05, 3.63) is 88.9 Å². The summed E-state index contributed by atoms with van der Waals surface area (Å²) in [5.41, 5.74) is 1.10. The number of ether oxygens (including phenoxy) is 1. The van der Waals surface area contributed by atoms with Gasteiger partial charge in [-0.25, -0.2) is 13.2 Å². The van der Waals surface area contributed by atoms with Crippen LogP contribution in [0.15, 0.2) is 77.7 Å². The van der Waals surface area contributed by atoms with Gasteiger partial charge in [0.25, 0.3) is 15.9 Å². The minimum absolute atomic E-state index is 0.0719. The molecule has 0 aliphatic heterocycles. The lowest BCUT2D eigenvalue weighted by atomic mass is 10.1. The molecule has 3 aromatic rings. The zero-order valence-corrected chi connectivity index (χ0v) is 18.0. The molecule has 0 fully saturated rings. The molecule has 7 nitrogen and oxygen atoms in total. The highest BCUT2D eigenvalue weighted by Crippen LogP contribution is 2.26. The maximum absolute atomic E-state index is 12.6. The fraction of sp³-hybridized carbons (Fsp3) is 0.0909. The fourth-order valence-corrected chi connectivity index (χ4v) is 3.97. The third-order valence-corrected chi connectivity index (χ3v) is 5.89. The lowest BCUT2D eigenvalue weighted by Crippen LogP contribution is -2.15. The van der Waals surface area contributed by atoms with Crippen molar-refractivity contribution in [3.8, 4) is 0 Å². The highest BCUT2D eigenvalue weighted by atomic mass is 35.5. The van der Waals surface area contributed by atoms with Crippen LogP contribution in [0.5, 0.6) is 0 Å². The number of carbonyl (C=O) groups excluding carboxylic acids is 2. The van der Waals surface area contributed by atoms with Gasteiger partial charge in [0.1, 0.15) is 0 Å². The van der Waals surface area contributed by atoms with Crippen molar-refractivity contribution in [2.24, 2.45) is 0 Å². The summed E-state index contributed by atoms with van der Waals surface area (Å²) in [6.45, 7) is 1.98. The summed E-state index contributed by atoms with van der Waals surface area (Å²) >= 11 is 6.12. The predicted molar refractivity (Wildman–Crippen MR) is 119 cm³/mol. The van der Waals surface area contributed by atoms with Gasteiger partial charge in [-0.05, 0) is 61.5 Å². The van der Waals surface area contributed by atoms with Gasteiger partial charge in [0.05, 0.1) is 27.8 Å². The van der Waals surface area contributed by atoms with E-state index in [0.29, 0.717) is 11.3 Å². The highest BCUT2D eigenvalue weighted by molar-refractivity contribution is 7.92. The third-order valence-electron chi connectivity index (χ3n) is 4.18. The van der Waals surface area contributed by atoms with E-state index < -0.39 is 21.9 Å². The summed E-state index contributed by atoms with van der Waals surface area (Å²) in [5.74, 6) is -0.922. The number of esters is 1. The number of anilines is 2. The Morgan fingerprint density at radius 3 is 2.23 bits per heavy atom. The van der Waals surface area contributed by atoms with Gasteiger partial charge in [0, 0.05) is 11.3 Å². The van der Waals surface area contributed by atoms with Crippen LogP contribution in [0.3, 0.4) is 0 Å². The molecule has 0 saturated heterocycles. The number of sulfonamides is 1. The van der Waals surface area contributed by atoms with Crippen LogP contribution in [-0.2, 0) is 14.8 Å². The van der Waals surface area contributed by atoms with Crippen LogP contribution in [0.2, 0.25) is 5.02 Å². The smallest absolute Gasteiger partial charge is 0.338 e. The Balaban J connectivity index is 1.76. The number of carbonyl (C=O) groups is 2. The van der Waals surface area contributed by atoms with Gasteiger partial charge in [-0.15, -0.1) is 0 Å². The van der Waals surface area contributed by atoms with Crippen LogP contribution in [0, 0.1) is 0 Å². The van der Waals surface area contributed by atoms with Crippen LogP contribution in [-0.4, -0.2) is 26.9 Å². The number of nitrogens with one attached hydrogen (secondary N) is 2. The molecule has 0 bridgehead atoms. The largest absolute Gasteiger partial charge is 0.462 e. The van der Waals surface area contributed by atoms with Gasteiger partial charge in [-0.1, -0.05) is 29.8 Å². The average Bonchev–Trinajstić information content (AvgIpc) is 2.76. The quantitative estimate of drug-likeness (QED) is 0.505. The normalized spacial score (nSPS) is 10.9. The minimum Gasteiger partial charge on any atom is -0.462 e. The lowest BCUT2D eigenvalue weighted by Gasteiger charge is -2.12. The molecule has 160 valence electrons. The molecule has 2 N–H and O–H groups in total. The first kappa shape index (κ1) is 22.3. The summed E-state index contributed by atoms with van der Waals surface area (Å²) in [6, 6.07) is 18.3. The van der Waals surface area contributed by atoms with E-state index in [-0.39, 0.29) is 27.8 Å². The zero-order chi connectivity index (χ0) is 22.4. The molecule has 3 rings (SSSR count). The van der Waals surface area contributed by atoms with Crippen LogP contribution in [0.4, 0.5) is 11.4 Å². The Labute approximate surface area is 185 Å². The van der Waals surface area contributed by atoms with E-state index >= 15 is 0 Å². The van der Waals surface area contributed by atoms with Gasteiger partial charge in [-0.3, -0.25) is 9.52 Å². The van der Waals surface area contributed by atoms with Crippen molar-refractivity contribution in [2.45, 2.75) is 11.8 Å². The first-order chi connectivity index (χ1) is 14.8. The van der Waals surface area contributed by atoms with Crippen molar-refractivity contribution in [3.63, 3.8) is 0 Å². The van der Waals surface area contributed by atoms with E-state index in [4.69, 9.17) is 16.3 Å². The third kappa shape index (κ3) is 5.62. The first-order valence-electron chi connectivity index (χ1n) is 9.26. The lowest BCUT2D eigenvalue weighted by molar-refractivity contribution is 0.0526. The van der Waals surface area contributed by atoms with Crippen LogP contribution in [0.1, 0.15) is 27.6 Å². The second kappa shape index (κ2) is 9.63. The Morgan fingerprint density at radius 2 is 1.58 bits per heavy atom. The number of halogens is 1. The second-order valence-electron chi connectivity index (χ2n) is 6.37. The van der Waals surface area contributed by atoms with Gasteiger partial charge >= 0.3 is 5.97 Å². The van der Waals surface area contributed by atoms with Crippen molar-refractivity contribution >= 4 is 44.9 Å². The molecule has 0 aliphatic carbocycles. The maximum Gasteiger partial charge on any atom is 0.338 e. The van der Waals surface area contributed by atoms with Gasteiger partial charge < -0.3 is 10.1 Å². The Morgan fingerprint density at radius 1 is 0.935 bits per heavy atom. The predicted octanol–water partition coefficient (Wildman–Crippen LogP) is 4.57. The van der Waals surface area contributed by atoms with Crippen LogP contribution >= 0.6 is 11.6 Å². The average molecular weight is 459 g/mol. The molecule has 0 unspecified atom stereocenters. The SMILES string of the molecule is CCOC(=O)c1ccc(NC(=O)c2ccc(Cl)c(NS(=O)(=O)c3ccccc3)c2)cc1. The highest BCUT2D eigenvalue weighted by Gasteiger charge is 2.17. The van der Waals surface area contributed by atoms with Crippen LogP contribution in [0.25, 0.3) is 0 Å². The number of amides is 1. The topological polar surface area (TPSA) is 102 Å². The number of rotatable bonds is 7. The number of benzene rings is 3. The minimum atomic E-state index is -3.86. The summed E-state index contributed by atoms with van der Waals surface area (Å²) in [4.78, 5) is 24.4. The molecular weight excluding hydrogens is 440 g/mol. The van der Waals surface area contributed by atoms with E-state index in [0.717, 1.165) is 0 Å². The molecule has 3 aromatic carbocycles. The summed E-state index contributed by atoms with van der Waals surface area (Å²) in [7, 11) is -3.86. The van der Waals surface area contributed by atoms with Crippen LogP contribution < -0.4 is 10.0 Å². The second-order valence-corrected chi connectivity index (χ2v) is 8.45. The molecule has 0 saturated carbocycles. The molecule has 0 atom stereocenters. The van der Waals surface area contributed by atoms with Crippen molar-refractivity contribution in [2.75, 3.05) is 16.6 Å². The number of hydrogen-bond donors (Lipinski definition) is 2. The molecule has 31 heavy (non-hydrogen) atoms. The Kier molecular flexibility index (Phi) is 6.94. The molecule has 0 radical (unpaired) electrons. The fourth-order valence-electron chi connectivity index (χ4n) is 2.66. The van der Waals surface area contributed by atoms with Gasteiger partial charge in [-0.2, -0.15) is 0 Å². The molecular formula is C22H19ClN2O5S. The molecule has 1 amide bonds. The standard InChI is InChI=1S/C22H19ClN2O5S/c1-2-30-22(27)15-8-11-17(12-9-15)24-21(26)16-10-13-19(23)20(14-16)25-31(28,29)18-6-4-3-5-7-18/h3-14,25H,2H2,1H3,(H,24,26). The van der Waals surface area contributed by atoms with Gasteiger partial charge in [0.15, 0.2) is 0 Å². The first-order valence-corrected chi connectivity index (χ1v) is 11.1. The van der Waals surface area contributed by atoms with Crippen molar-refractivity contribution in [1.82, 2.24) is 0 Å².